The van der Waals surface area contributed by atoms with E-state index < -0.39 is 0 Å². The van der Waals surface area contributed by atoms with Gasteiger partial charge in [0.25, 0.3) is 0 Å². The first-order valence-corrected chi connectivity index (χ1v) is 8.46. The molecular weight excluding hydrogens is 324 g/mol. The molecule has 4 heteroatoms. The van der Waals surface area contributed by atoms with Gasteiger partial charge in [0.05, 0.1) is 12.6 Å². The molecule has 2 rings (SSSR count). The van der Waals surface area contributed by atoms with Crippen LogP contribution in [0.15, 0.2) is 53.6 Å². The Bertz CT molecular complexity index is 809. The number of hydrogen-bond acceptors (Lipinski definition) is 3. The Morgan fingerprint density at radius 2 is 1.96 bits per heavy atom. The van der Waals surface area contributed by atoms with Crippen molar-refractivity contribution in [3.05, 3.63) is 65.2 Å². The summed E-state index contributed by atoms with van der Waals surface area (Å²) >= 11 is 0. The zero-order valence-electron chi connectivity index (χ0n) is 15.5. The average molecular weight is 348 g/mol. The number of benzene rings is 2. The average Bonchev–Trinajstić information content (AvgIpc) is 2.60. The van der Waals surface area contributed by atoms with Crippen LogP contribution in [0.3, 0.4) is 0 Å². The van der Waals surface area contributed by atoms with Crippen LogP contribution < -0.4 is 10.2 Å². The highest BCUT2D eigenvalue weighted by atomic mass is 16.5. The number of terminal acetylenes is 1. The molecule has 4 nitrogen and oxygen atoms in total. The van der Waals surface area contributed by atoms with Crippen LogP contribution in [0, 0.1) is 12.3 Å². The highest BCUT2D eigenvalue weighted by Gasteiger charge is 2.13. The molecule has 0 atom stereocenters. The molecule has 0 aliphatic rings. The highest BCUT2D eigenvalue weighted by molar-refractivity contribution is 5.83. The van der Waals surface area contributed by atoms with Crippen LogP contribution in [0.5, 0.6) is 5.75 Å². The van der Waals surface area contributed by atoms with Crippen LogP contribution in [0.2, 0.25) is 0 Å². The molecule has 0 aliphatic carbocycles. The van der Waals surface area contributed by atoms with Gasteiger partial charge < -0.3 is 4.74 Å². The van der Waals surface area contributed by atoms with Gasteiger partial charge in [0.15, 0.2) is 0 Å². The molecule has 0 spiro atoms. The summed E-state index contributed by atoms with van der Waals surface area (Å²) in [5.41, 5.74) is 5.66. The number of carbonyl (C=O) groups excluding carboxylic acids is 1. The smallest absolute Gasteiger partial charge is 0.244 e. The molecule has 0 fully saturated rings. The van der Waals surface area contributed by atoms with Gasteiger partial charge in [0.2, 0.25) is 5.91 Å². The van der Waals surface area contributed by atoms with Crippen LogP contribution >= 0.6 is 0 Å². The molecule has 0 aliphatic heterocycles. The van der Waals surface area contributed by atoms with Crippen LogP contribution in [0.4, 0.5) is 0 Å². The van der Waals surface area contributed by atoms with E-state index in [1.165, 1.54) is 5.56 Å². The minimum absolute atomic E-state index is 0.101. The first kappa shape index (κ1) is 19.3. The maximum Gasteiger partial charge on any atom is 0.244 e. The van der Waals surface area contributed by atoms with Crippen molar-refractivity contribution < 1.29 is 9.53 Å². The number of hydrogen-bond donors (Lipinski definition) is 1. The van der Waals surface area contributed by atoms with E-state index in [2.05, 4.69) is 49.4 Å². The molecule has 0 aromatic heterocycles. The van der Waals surface area contributed by atoms with Crippen molar-refractivity contribution in [2.75, 3.05) is 6.61 Å². The van der Waals surface area contributed by atoms with Gasteiger partial charge in [-0.1, -0.05) is 63.1 Å². The van der Waals surface area contributed by atoms with E-state index >= 15 is 0 Å². The maximum atomic E-state index is 12.0. The lowest BCUT2D eigenvalue weighted by atomic mass is 9.86. The Hall–Kier alpha value is -3.06. The summed E-state index contributed by atoms with van der Waals surface area (Å²) in [5.74, 6) is 2.92. The molecule has 0 saturated carbocycles. The topological polar surface area (TPSA) is 50.7 Å². The standard InChI is InChI=1S/C22H24N2O2/c1-5-13-26-20-8-6-7-18(14-20)16-23-24-21(25)15-17-9-11-19(12-10-17)22(2,3)4/h1,6-12,14,16H,13,15H2,2-4H3,(H,24,25)/b23-16-. The molecule has 0 saturated heterocycles. The number of hydrazone groups is 1. The summed E-state index contributed by atoms with van der Waals surface area (Å²) in [4.78, 5) is 12.0. The molecular formula is C22H24N2O2. The summed E-state index contributed by atoms with van der Waals surface area (Å²) in [6.45, 7) is 6.70. The molecule has 0 bridgehead atoms. The molecule has 1 N–H and O–H groups in total. The predicted molar refractivity (Wildman–Crippen MR) is 105 cm³/mol. The fraction of sp³-hybridized carbons (Fsp3) is 0.273. The summed E-state index contributed by atoms with van der Waals surface area (Å²) < 4.78 is 5.35. The number of carbonyl (C=O) groups is 1. The van der Waals surface area contributed by atoms with Crippen molar-refractivity contribution >= 4 is 12.1 Å². The molecule has 26 heavy (non-hydrogen) atoms. The van der Waals surface area contributed by atoms with Crippen molar-refractivity contribution in [3.8, 4) is 18.1 Å². The Balaban J connectivity index is 1.88. The van der Waals surface area contributed by atoms with E-state index in [1.54, 1.807) is 12.3 Å². The minimum atomic E-state index is -0.163. The SMILES string of the molecule is C#CCOc1cccc(/C=N\NC(=O)Cc2ccc(C(C)(C)C)cc2)c1. The third-order valence-corrected chi connectivity index (χ3v) is 3.77. The molecule has 2 aromatic rings. The van der Waals surface area contributed by atoms with Gasteiger partial charge in [-0.15, -0.1) is 6.42 Å². The number of rotatable bonds is 6. The van der Waals surface area contributed by atoms with E-state index in [9.17, 15) is 4.79 Å². The van der Waals surface area contributed by atoms with E-state index in [4.69, 9.17) is 11.2 Å². The second-order valence-corrected chi connectivity index (χ2v) is 6.98. The maximum absolute atomic E-state index is 12.0. The Kier molecular flexibility index (Phi) is 6.57. The van der Waals surface area contributed by atoms with Gasteiger partial charge in [-0.2, -0.15) is 5.10 Å². The number of nitrogens with zero attached hydrogens (tertiary/aromatic N) is 1. The summed E-state index contributed by atoms with van der Waals surface area (Å²) in [6, 6.07) is 15.4. The van der Waals surface area contributed by atoms with Crippen LogP contribution in [0.1, 0.15) is 37.5 Å². The van der Waals surface area contributed by atoms with Gasteiger partial charge >= 0.3 is 0 Å². The quantitative estimate of drug-likeness (QED) is 0.492. The number of ether oxygens (including phenoxy) is 1. The molecule has 0 unspecified atom stereocenters. The van der Waals surface area contributed by atoms with Gasteiger partial charge in [0.1, 0.15) is 12.4 Å². The molecule has 2 aromatic carbocycles. The molecule has 1 amide bonds. The van der Waals surface area contributed by atoms with Crippen LogP contribution in [0.25, 0.3) is 0 Å². The van der Waals surface area contributed by atoms with Crippen LogP contribution in [-0.4, -0.2) is 18.7 Å². The van der Waals surface area contributed by atoms with Gasteiger partial charge in [-0.25, -0.2) is 5.43 Å². The molecule has 134 valence electrons. The second-order valence-electron chi connectivity index (χ2n) is 6.98. The Morgan fingerprint density at radius 3 is 2.62 bits per heavy atom. The van der Waals surface area contributed by atoms with E-state index in [1.807, 2.05) is 30.3 Å². The van der Waals surface area contributed by atoms with Crippen molar-refractivity contribution in [1.82, 2.24) is 5.43 Å². The summed E-state index contributed by atoms with van der Waals surface area (Å²) in [6.07, 6.45) is 7.03. The predicted octanol–water partition coefficient (Wildman–Crippen LogP) is 3.69. The monoisotopic (exact) mass is 348 g/mol. The normalized spacial score (nSPS) is 11.2. The van der Waals surface area contributed by atoms with Crippen molar-refractivity contribution in [2.45, 2.75) is 32.6 Å². The number of amides is 1. The largest absolute Gasteiger partial charge is 0.481 e. The fourth-order valence-corrected chi connectivity index (χ4v) is 2.34. The molecule has 0 radical (unpaired) electrons. The highest BCUT2D eigenvalue weighted by Crippen LogP contribution is 2.22. The van der Waals surface area contributed by atoms with E-state index in [0.29, 0.717) is 5.75 Å². The zero-order valence-corrected chi connectivity index (χ0v) is 15.5. The Labute approximate surface area is 155 Å². The third-order valence-electron chi connectivity index (χ3n) is 3.77. The Morgan fingerprint density at radius 1 is 1.23 bits per heavy atom. The first-order chi connectivity index (χ1) is 12.4. The van der Waals surface area contributed by atoms with E-state index in [0.717, 1.165) is 11.1 Å². The van der Waals surface area contributed by atoms with Gasteiger partial charge in [-0.05, 0) is 34.2 Å². The first-order valence-electron chi connectivity index (χ1n) is 8.46. The van der Waals surface area contributed by atoms with Crippen molar-refractivity contribution in [1.29, 1.82) is 0 Å². The fourth-order valence-electron chi connectivity index (χ4n) is 2.34. The van der Waals surface area contributed by atoms with Gasteiger partial charge in [0, 0.05) is 0 Å². The summed E-state index contributed by atoms with van der Waals surface area (Å²) in [5, 5.41) is 4.00. The van der Waals surface area contributed by atoms with Crippen molar-refractivity contribution in [3.63, 3.8) is 0 Å². The van der Waals surface area contributed by atoms with Crippen LogP contribution in [-0.2, 0) is 16.6 Å². The lowest BCUT2D eigenvalue weighted by Crippen LogP contribution is -2.20. The van der Waals surface area contributed by atoms with Gasteiger partial charge in [-0.3, -0.25) is 4.79 Å². The second kappa shape index (κ2) is 8.87. The van der Waals surface area contributed by atoms with E-state index in [-0.39, 0.29) is 24.3 Å². The molecule has 0 heterocycles. The lowest BCUT2D eigenvalue weighted by Gasteiger charge is -2.19. The lowest BCUT2D eigenvalue weighted by molar-refractivity contribution is -0.120. The summed E-state index contributed by atoms with van der Waals surface area (Å²) in [7, 11) is 0. The van der Waals surface area contributed by atoms with Crippen molar-refractivity contribution in [2.24, 2.45) is 5.10 Å². The zero-order chi connectivity index (χ0) is 19.0. The minimum Gasteiger partial charge on any atom is -0.481 e. The third kappa shape index (κ3) is 6.10. The number of nitrogens with one attached hydrogen (secondary N) is 1.